The smallest absolute Gasteiger partial charge is 0.416 e. The molecule has 1 heterocycles. The SMILES string of the molecule is O=C(O)c1ccccc1OCC(=O)N1CCOC1=O. The fourth-order valence-corrected chi connectivity index (χ4v) is 1.61. The van der Waals surface area contributed by atoms with E-state index in [2.05, 4.69) is 4.74 Å². The molecule has 1 fully saturated rings. The number of para-hydroxylation sites is 1. The summed E-state index contributed by atoms with van der Waals surface area (Å²) >= 11 is 0. The molecule has 7 nitrogen and oxygen atoms in total. The van der Waals surface area contributed by atoms with Crippen LogP contribution in [0.2, 0.25) is 0 Å². The molecule has 1 aliphatic heterocycles. The summed E-state index contributed by atoms with van der Waals surface area (Å²) in [6.45, 7) is -0.0721. The highest BCUT2D eigenvalue weighted by Crippen LogP contribution is 2.18. The van der Waals surface area contributed by atoms with Gasteiger partial charge < -0.3 is 14.6 Å². The Bertz CT molecular complexity index is 527. The number of imide groups is 1. The maximum absolute atomic E-state index is 11.7. The van der Waals surface area contributed by atoms with Crippen LogP contribution in [0.25, 0.3) is 0 Å². The summed E-state index contributed by atoms with van der Waals surface area (Å²) in [7, 11) is 0. The quantitative estimate of drug-likeness (QED) is 0.863. The molecule has 7 heteroatoms. The van der Waals surface area contributed by atoms with E-state index in [-0.39, 0.29) is 24.5 Å². The molecule has 0 unspecified atom stereocenters. The Hall–Kier alpha value is -2.57. The van der Waals surface area contributed by atoms with Crippen LogP contribution in [0.1, 0.15) is 10.4 Å². The van der Waals surface area contributed by atoms with Crippen molar-refractivity contribution in [1.82, 2.24) is 4.90 Å². The minimum absolute atomic E-state index is 0.0423. The number of benzene rings is 1. The normalized spacial score (nSPS) is 14.1. The molecule has 0 radical (unpaired) electrons. The third-order valence-corrected chi connectivity index (χ3v) is 2.53. The first-order valence-corrected chi connectivity index (χ1v) is 5.52. The fourth-order valence-electron chi connectivity index (χ4n) is 1.61. The van der Waals surface area contributed by atoms with Gasteiger partial charge in [-0.1, -0.05) is 12.1 Å². The zero-order valence-corrected chi connectivity index (χ0v) is 9.87. The van der Waals surface area contributed by atoms with Crippen LogP contribution in [0.15, 0.2) is 24.3 Å². The third kappa shape index (κ3) is 2.82. The number of hydrogen-bond donors (Lipinski definition) is 1. The molecule has 2 rings (SSSR count). The van der Waals surface area contributed by atoms with Crippen molar-refractivity contribution in [3.05, 3.63) is 29.8 Å². The van der Waals surface area contributed by atoms with Crippen LogP contribution in [-0.2, 0) is 9.53 Å². The Morgan fingerprint density at radius 2 is 2.11 bits per heavy atom. The van der Waals surface area contributed by atoms with Crippen molar-refractivity contribution in [2.45, 2.75) is 0 Å². The lowest BCUT2D eigenvalue weighted by Gasteiger charge is -2.12. The van der Waals surface area contributed by atoms with Crippen molar-refractivity contribution in [3.63, 3.8) is 0 Å². The largest absolute Gasteiger partial charge is 0.483 e. The Morgan fingerprint density at radius 1 is 1.37 bits per heavy atom. The monoisotopic (exact) mass is 265 g/mol. The predicted octanol–water partition coefficient (Wildman–Crippen LogP) is 0.742. The summed E-state index contributed by atoms with van der Waals surface area (Å²) in [5.74, 6) is -1.64. The van der Waals surface area contributed by atoms with Crippen molar-refractivity contribution >= 4 is 18.0 Å². The molecule has 1 aliphatic rings. The van der Waals surface area contributed by atoms with Gasteiger partial charge in [0.25, 0.3) is 5.91 Å². The average molecular weight is 265 g/mol. The Balaban J connectivity index is 2.01. The van der Waals surface area contributed by atoms with Crippen molar-refractivity contribution in [2.24, 2.45) is 0 Å². The second kappa shape index (κ2) is 5.38. The first-order valence-electron chi connectivity index (χ1n) is 5.52. The number of nitrogens with zero attached hydrogens (tertiary/aromatic N) is 1. The van der Waals surface area contributed by atoms with Gasteiger partial charge in [-0.15, -0.1) is 0 Å². The van der Waals surface area contributed by atoms with Crippen LogP contribution in [0.5, 0.6) is 5.75 Å². The second-order valence-electron chi connectivity index (χ2n) is 3.75. The molecular formula is C12H11NO6. The maximum Gasteiger partial charge on any atom is 0.416 e. The molecule has 1 aromatic rings. The summed E-state index contributed by atoms with van der Waals surface area (Å²) in [6.07, 6.45) is -0.708. The number of carboxylic acids is 1. The van der Waals surface area contributed by atoms with Gasteiger partial charge in [-0.25, -0.2) is 14.5 Å². The van der Waals surface area contributed by atoms with Crippen LogP contribution >= 0.6 is 0 Å². The summed E-state index contributed by atoms with van der Waals surface area (Å²) in [4.78, 5) is 34.6. The van der Waals surface area contributed by atoms with Crippen LogP contribution < -0.4 is 4.74 Å². The van der Waals surface area contributed by atoms with Crippen LogP contribution in [0.3, 0.4) is 0 Å². The van der Waals surface area contributed by atoms with E-state index in [1.807, 2.05) is 0 Å². The molecule has 100 valence electrons. The Labute approximate surface area is 108 Å². The number of hydrogen-bond acceptors (Lipinski definition) is 5. The van der Waals surface area contributed by atoms with E-state index < -0.39 is 24.6 Å². The van der Waals surface area contributed by atoms with E-state index in [9.17, 15) is 14.4 Å². The van der Waals surface area contributed by atoms with Gasteiger partial charge >= 0.3 is 12.1 Å². The van der Waals surface area contributed by atoms with Crippen LogP contribution in [0, 0.1) is 0 Å². The van der Waals surface area contributed by atoms with Crippen LogP contribution in [-0.4, -0.2) is 47.7 Å². The lowest BCUT2D eigenvalue weighted by molar-refractivity contribution is -0.129. The van der Waals surface area contributed by atoms with Crippen LogP contribution in [0.4, 0.5) is 4.79 Å². The van der Waals surface area contributed by atoms with Crippen molar-refractivity contribution in [3.8, 4) is 5.75 Å². The van der Waals surface area contributed by atoms with Gasteiger partial charge in [0.05, 0.1) is 6.54 Å². The summed E-state index contributed by atoms with van der Waals surface area (Å²) in [5, 5.41) is 8.94. The van der Waals surface area contributed by atoms with E-state index in [0.29, 0.717) is 0 Å². The molecular weight excluding hydrogens is 254 g/mol. The molecule has 1 saturated heterocycles. The average Bonchev–Trinajstić information content (AvgIpc) is 2.82. The summed E-state index contributed by atoms with van der Waals surface area (Å²) in [6, 6.07) is 5.96. The summed E-state index contributed by atoms with van der Waals surface area (Å²) in [5.41, 5.74) is -0.0423. The first kappa shape index (κ1) is 12.9. The highest BCUT2D eigenvalue weighted by molar-refractivity contribution is 5.94. The molecule has 2 amide bonds. The second-order valence-corrected chi connectivity index (χ2v) is 3.75. The standard InChI is InChI=1S/C12H11NO6/c14-10(13-5-6-18-12(13)17)7-19-9-4-2-1-3-8(9)11(15)16/h1-4H,5-7H2,(H,15,16). The lowest BCUT2D eigenvalue weighted by atomic mass is 10.2. The zero-order valence-electron chi connectivity index (χ0n) is 9.87. The molecule has 0 saturated carbocycles. The first-order chi connectivity index (χ1) is 9.09. The van der Waals surface area contributed by atoms with E-state index in [0.717, 1.165) is 4.90 Å². The predicted molar refractivity (Wildman–Crippen MR) is 62.0 cm³/mol. The molecule has 1 N–H and O–H groups in total. The van der Waals surface area contributed by atoms with E-state index in [1.54, 1.807) is 12.1 Å². The number of carboxylic acid groups (broad SMARTS) is 1. The van der Waals surface area contributed by atoms with Gasteiger partial charge in [-0.05, 0) is 12.1 Å². The number of amides is 2. The molecule has 0 bridgehead atoms. The molecule has 19 heavy (non-hydrogen) atoms. The van der Waals surface area contributed by atoms with Gasteiger partial charge in [-0.3, -0.25) is 4.79 Å². The molecule has 0 spiro atoms. The summed E-state index contributed by atoms with van der Waals surface area (Å²) < 4.78 is 9.76. The minimum atomic E-state index is -1.15. The topological polar surface area (TPSA) is 93.1 Å². The van der Waals surface area contributed by atoms with Gasteiger partial charge in [0, 0.05) is 0 Å². The minimum Gasteiger partial charge on any atom is -0.483 e. The number of ether oxygens (including phenoxy) is 2. The molecule has 1 aromatic carbocycles. The van der Waals surface area contributed by atoms with Crippen molar-refractivity contribution in [2.75, 3.05) is 19.8 Å². The zero-order chi connectivity index (χ0) is 13.8. The highest BCUT2D eigenvalue weighted by atomic mass is 16.6. The fraction of sp³-hybridized carbons (Fsp3) is 0.250. The number of carbonyl (C=O) groups excluding carboxylic acids is 2. The molecule has 0 aromatic heterocycles. The Morgan fingerprint density at radius 3 is 2.74 bits per heavy atom. The number of carbonyl (C=O) groups is 3. The number of rotatable bonds is 4. The van der Waals surface area contributed by atoms with Gasteiger partial charge in [0.15, 0.2) is 6.61 Å². The maximum atomic E-state index is 11.7. The van der Waals surface area contributed by atoms with Crippen molar-refractivity contribution < 1.29 is 29.0 Å². The lowest BCUT2D eigenvalue weighted by Crippen LogP contribution is -2.35. The van der Waals surface area contributed by atoms with E-state index >= 15 is 0 Å². The van der Waals surface area contributed by atoms with Crippen molar-refractivity contribution in [1.29, 1.82) is 0 Å². The van der Waals surface area contributed by atoms with Gasteiger partial charge in [0.1, 0.15) is 17.9 Å². The van der Waals surface area contributed by atoms with Gasteiger partial charge in [-0.2, -0.15) is 0 Å². The van der Waals surface area contributed by atoms with E-state index in [4.69, 9.17) is 9.84 Å². The number of aromatic carboxylic acids is 1. The molecule has 0 atom stereocenters. The molecule has 0 aliphatic carbocycles. The van der Waals surface area contributed by atoms with E-state index in [1.165, 1.54) is 12.1 Å². The highest BCUT2D eigenvalue weighted by Gasteiger charge is 2.28. The Kier molecular flexibility index (Phi) is 3.65. The third-order valence-electron chi connectivity index (χ3n) is 2.53. The number of cyclic esters (lactones) is 1. The van der Waals surface area contributed by atoms with Gasteiger partial charge in [0.2, 0.25) is 0 Å².